The van der Waals surface area contributed by atoms with Gasteiger partial charge in [0.2, 0.25) is 0 Å². The summed E-state index contributed by atoms with van der Waals surface area (Å²) in [6.45, 7) is 1.37. The summed E-state index contributed by atoms with van der Waals surface area (Å²) in [5, 5.41) is 12.3. The zero-order chi connectivity index (χ0) is 19.1. The maximum absolute atomic E-state index is 12.0. The van der Waals surface area contributed by atoms with E-state index in [4.69, 9.17) is 33.2 Å². The average molecular weight is 389 g/mol. The number of hydrogen-bond donors (Lipinski definition) is 1. The molecule has 1 amide bonds. The summed E-state index contributed by atoms with van der Waals surface area (Å²) >= 11 is 11.8. The van der Waals surface area contributed by atoms with Gasteiger partial charge in [0.1, 0.15) is 11.6 Å². The van der Waals surface area contributed by atoms with Crippen molar-refractivity contribution < 1.29 is 14.3 Å². The third-order valence-electron chi connectivity index (χ3n) is 3.27. The van der Waals surface area contributed by atoms with Gasteiger partial charge in [-0.2, -0.15) is 5.26 Å². The largest absolute Gasteiger partial charge is 0.451 e. The third kappa shape index (κ3) is 5.62. The summed E-state index contributed by atoms with van der Waals surface area (Å²) in [6, 6.07) is 13.6. The van der Waals surface area contributed by atoms with Crippen molar-refractivity contribution in [2.24, 2.45) is 0 Å². The molecule has 1 N–H and O–H groups in total. The smallest absolute Gasteiger partial charge is 0.349 e. The van der Waals surface area contributed by atoms with E-state index < -0.39 is 18.5 Å². The van der Waals surface area contributed by atoms with Crippen LogP contribution in [0.2, 0.25) is 10.0 Å². The van der Waals surface area contributed by atoms with Crippen molar-refractivity contribution in [1.29, 1.82) is 5.26 Å². The lowest BCUT2D eigenvalue weighted by Gasteiger charge is -2.08. The minimum Gasteiger partial charge on any atom is -0.451 e. The molecule has 26 heavy (non-hydrogen) atoms. The average Bonchev–Trinajstić information content (AvgIpc) is 2.62. The number of aryl methyl sites for hydroxylation is 1. The van der Waals surface area contributed by atoms with Crippen LogP contribution in [-0.4, -0.2) is 18.5 Å². The number of anilines is 1. The minimum atomic E-state index is -0.889. The van der Waals surface area contributed by atoms with Gasteiger partial charge in [0.25, 0.3) is 5.91 Å². The maximum atomic E-state index is 12.0. The Morgan fingerprint density at radius 3 is 2.54 bits per heavy atom. The second-order valence-electron chi connectivity index (χ2n) is 5.33. The molecular weight excluding hydrogens is 375 g/mol. The van der Waals surface area contributed by atoms with Gasteiger partial charge in [0.05, 0.1) is 10.7 Å². The summed E-state index contributed by atoms with van der Waals surface area (Å²) in [5.74, 6) is -1.49. The van der Waals surface area contributed by atoms with Gasteiger partial charge in [0.15, 0.2) is 6.61 Å². The predicted molar refractivity (Wildman–Crippen MR) is 101 cm³/mol. The highest BCUT2D eigenvalue weighted by Gasteiger charge is 2.14. The molecule has 0 unspecified atom stereocenters. The van der Waals surface area contributed by atoms with Crippen molar-refractivity contribution in [2.75, 3.05) is 11.9 Å². The molecule has 0 aliphatic carbocycles. The van der Waals surface area contributed by atoms with Crippen LogP contribution < -0.4 is 5.32 Å². The van der Waals surface area contributed by atoms with Gasteiger partial charge in [0, 0.05) is 5.02 Å². The van der Waals surface area contributed by atoms with Gasteiger partial charge in [-0.25, -0.2) is 4.79 Å². The molecule has 7 heteroatoms. The highest BCUT2D eigenvalue weighted by atomic mass is 35.5. The quantitative estimate of drug-likeness (QED) is 0.467. The van der Waals surface area contributed by atoms with Crippen LogP contribution in [0.3, 0.4) is 0 Å². The number of benzene rings is 2. The second-order valence-corrected chi connectivity index (χ2v) is 6.17. The van der Waals surface area contributed by atoms with E-state index in [9.17, 15) is 9.59 Å². The summed E-state index contributed by atoms with van der Waals surface area (Å²) in [4.78, 5) is 23.9. The first kappa shape index (κ1) is 19.5. The Kier molecular flexibility index (Phi) is 6.79. The highest BCUT2D eigenvalue weighted by Crippen LogP contribution is 2.25. The Hall–Kier alpha value is -2.81. The summed E-state index contributed by atoms with van der Waals surface area (Å²) in [6.07, 6.45) is 1.40. The minimum absolute atomic E-state index is 0.206. The molecule has 2 aromatic rings. The highest BCUT2D eigenvalue weighted by molar-refractivity contribution is 6.35. The van der Waals surface area contributed by atoms with Gasteiger partial charge in [-0.15, -0.1) is 0 Å². The van der Waals surface area contributed by atoms with Crippen molar-refractivity contribution in [3.63, 3.8) is 0 Å². The molecule has 0 atom stereocenters. The lowest BCUT2D eigenvalue weighted by Crippen LogP contribution is -2.21. The van der Waals surface area contributed by atoms with Crippen LogP contribution in [0.5, 0.6) is 0 Å². The van der Waals surface area contributed by atoms with Crippen LogP contribution in [0.25, 0.3) is 6.08 Å². The van der Waals surface area contributed by atoms with Crippen molar-refractivity contribution in [3.05, 3.63) is 69.2 Å². The molecule has 0 bridgehead atoms. The molecule has 0 fully saturated rings. The molecule has 0 heterocycles. The number of ether oxygens (including phenoxy) is 1. The Morgan fingerprint density at radius 2 is 1.88 bits per heavy atom. The van der Waals surface area contributed by atoms with Crippen LogP contribution in [0, 0.1) is 18.3 Å². The molecule has 0 radical (unpaired) electrons. The van der Waals surface area contributed by atoms with Crippen LogP contribution in [0.1, 0.15) is 11.1 Å². The van der Waals surface area contributed by atoms with E-state index in [-0.39, 0.29) is 5.57 Å². The van der Waals surface area contributed by atoms with E-state index in [1.165, 1.54) is 18.2 Å². The second kappa shape index (κ2) is 9.04. The maximum Gasteiger partial charge on any atom is 0.349 e. The van der Waals surface area contributed by atoms with Crippen LogP contribution in [-0.2, 0) is 14.3 Å². The number of carbonyl (C=O) groups is 2. The zero-order valence-corrected chi connectivity index (χ0v) is 15.3. The molecule has 5 nitrogen and oxygen atoms in total. The van der Waals surface area contributed by atoms with Crippen LogP contribution >= 0.6 is 23.2 Å². The molecule has 2 aromatic carbocycles. The van der Waals surface area contributed by atoms with E-state index >= 15 is 0 Å². The van der Waals surface area contributed by atoms with Gasteiger partial charge in [-0.1, -0.05) is 53.0 Å². The van der Waals surface area contributed by atoms with Crippen molar-refractivity contribution in [2.45, 2.75) is 6.92 Å². The van der Waals surface area contributed by atoms with E-state index in [2.05, 4.69) is 5.32 Å². The number of nitrogens with zero attached hydrogens (tertiary/aromatic N) is 1. The topological polar surface area (TPSA) is 79.2 Å². The fourth-order valence-electron chi connectivity index (χ4n) is 1.95. The fraction of sp³-hybridized carbons (Fsp3) is 0.105. The number of carbonyl (C=O) groups excluding carboxylic acids is 2. The molecule has 0 saturated carbocycles. The van der Waals surface area contributed by atoms with Crippen molar-refractivity contribution in [3.8, 4) is 6.07 Å². The molecule has 0 aromatic heterocycles. The standard InChI is InChI=1S/C19H14Cl2N2O3/c1-12-2-4-13(5-3-12)8-14(10-22)19(25)26-11-18(24)23-17-9-15(20)6-7-16(17)21/h2-9H,11H2,1H3,(H,23,24)/b14-8+. The lowest BCUT2D eigenvalue weighted by molar-refractivity contribution is -0.142. The first-order valence-electron chi connectivity index (χ1n) is 7.49. The third-order valence-corrected chi connectivity index (χ3v) is 3.83. The number of amides is 1. The molecule has 0 spiro atoms. The number of nitrogens with one attached hydrogen (secondary N) is 1. The lowest BCUT2D eigenvalue weighted by atomic mass is 10.1. The zero-order valence-electron chi connectivity index (χ0n) is 13.8. The number of esters is 1. The number of halogens is 2. The van der Waals surface area contributed by atoms with Crippen molar-refractivity contribution in [1.82, 2.24) is 0 Å². The molecule has 0 aliphatic rings. The Bertz CT molecular complexity index is 900. The Labute approximate surface area is 160 Å². The fourth-order valence-corrected chi connectivity index (χ4v) is 2.29. The number of hydrogen-bond acceptors (Lipinski definition) is 4. The summed E-state index contributed by atoms with van der Waals surface area (Å²) < 4.78 is 4.88. The summed E-state index contributed by atoms with van der Waals surface area (Å²) in [5.41, 5.74) is 1.83. The predicted octanol–water partition coefficient (Wildman–Crippen LogP) is 4.39. The molecular formula is C19H14Cl2N2O3. The van der Waals surface area contributed by atoms with Gasteiger partial charge < -0.3 is 10.1 Å². The molecule has 0 aliphatic heterocycles. The van der Waals surface area contributed by atoms with Gasteiger partial charge in [-0.05, 0) is 36.8 Å². The monoisotopic (exact) mass is 388 g/mol. The number of rotatable bonds is 5. The van der Waals surface area contributed by atoms with Gasteiger partial charge >= 0.3 is 5.97 Å². The van der Waals surface area contributed by atoms with E-state index in [0.717, 1.165) is 5.56 Å². The van der Waals surface area contributed by atoms with Gasteiger partial charge in [-0.3, -0.25) is 4.79 Å². The first-order chi connectivity index (χ1) is 12.4. The molecule has 2 rings (SSSR count). The Balaban J connectivity index is 1.97. The number of nitriles is 1. The van der Waals surface area contributed by atoms with Crippen LogP contribution in [0.15, 0.2) is 48.0 Å². The van der Waals surface area contributed by atoms with Crippen molar-refractivity contribution >= 4 is 46.8 Å². The van der Waals surface area contributed by atoms with E-state index in [0.29, 0.717) is 21.3 Å². The first-order valence-corrected chi connectivity index (χ1v) is 8.25. The Morgan fingerprint density at radius 1 is 1.19 bits per heavy atom. The van der Waals surface area contributed by atoms with E-state index in [1.54, 1.807) is 24.3 Å². The van der Waals surface area contributed by atoms with E-state index in [1.807, 2.05) is 19.1 Å². The van der Waals surface area contributed by atoms with Crippen LogP contribution in [0.4, 0.5) is 5.69 Å². The normalized spacial score (nSPS) is 10.8. The molecule has 132 valence electrons. The summed E-state index contributed by atoms with van der Waals surface area (Å²) in [7, 11) is 0. The SMILES string of the molecule is Cc1ccc(/C=C(\C#N)C(=O)OCC(=O)Nc2cc(Cl)ccc2Cl)cc1. The molecule has 0 saturated heterocycles.